The minimum absolute atomic E-state index is 0.0515. The van der Waals surface area contributed by atoms with Gasteiger partial charge in [-0.3, -0.25) is 9.69 Å². The minimum Gasteiger partial charge on any atom is -0.395 e. The second kappa shape index (κ2) is 8.95. The predicted octanol–water partition coefficient (Wildman–Crippen LogP) is 2.76. The van der Waals surface area contributed by atoms with Gasteiger partial charge in [0.1, 0.15) is 0 Å². The monoisotopic (exact) mass is 298 g/mol. The average molecular weight is 299 g/mol. The summed E-state index contributed by atoms with van der Waals surface area (Å²) in [4.78, 5) is 14.1. The van der Waals surface area contributed by atoms with E-state index in [0.717, 1.165) is 12.8 Å². The molecule has 0 fully saturated rings. The first-order valence-electron chi connectivity index (χ1n) is 7.01. The molecule has 0 aliphatic heterocycles. The van der Waals surface area contributed by atoms with Crippen molar-refractivity contribution in [1.82, 2.24) is 4.90 Å². The van der Waals surface area contributed by atoms with E-state index in [4.69, 9.17) is 16.7 Å². The molecule has 20 heavy (non-hydrogen) atoms. The smallest absolute Gasteiger partial charge is 0.238 e. The summed E-state index contributed by atoms with van der Waals surface area (Å²) < 4.78 is 0. The van der Waals surface area contributed by atoms with E-state index in [-0.39, 0.29) is 19.1 Å². The number of nitrogens with zero attached hydrogens (tertiary/aromatic N) is 1. The highest BCUT2D eigenvalue weighted by Crippen LogP contribution is 2.20. The van der Waals surface area contributed by atoms with Gasteiger partial charge >= 0.3 is 0 Å². The summed E-state index contributed by atoms with van der Waals surface area (Å²) in [6, 6.07) is 7.46. The van der Waals surface area contributed by atoms with Gasteiger partial charge < -0.3 is 10.4 Å². The average Bonchev–Trinajstić information content (AvgIpc) is 2.43. The van der Waals surface area contributed by atoms with Crippen LogP contribution < -0.4 is 5.32 Å². The fourth-order valence-electron chi connectivity index (χ4n) is 2.26. The highest BCUT2D eigenvalue weighted by Gasteiger charge is 2.18. The molecule has 0 aromatic heterocycles. The topological polar surface area (TPSA) is 52.6 Å². The SMILES string of the molecule is CCC(CC)N(CCO)CC(=O)Nc1ccccc1Cl. The van der Waals surface area contributed by atoms with E-state index in [1.165, 1.54) is 0 Å². The Morgan fingerprint density at radius 3 is 2.55 bits per heavy atom. The molecule has 0 bridgehead atoms. The van der Waals surface area contributed by atoms with Crippen LogP contribution in [0.4, 0.5) is 5.69 Å². The molecular formula is C15H23ClN2O2. The van der Waals surface area contributed by atoms with Crippen LogP contribution in [0.3, 0.4) is 0 Å². The van der Waals surface area contributed by atoms with Crippen molar-refractivity contribution in [3.8, 4) is 0 Å². The maximum Gasteiger partial charge on any atom is 0.238 e. The van der Waals surface area contributed by atoms with Gasteiger partial charge in [-0.15, -0.1) is 0 Å². The van der Waals surface area contributed by atoms with E-state index < -0.39 is 0 Å². The molecule has 0 radical (unpaired) electrons. The molecule has 4 nitrogen and oxygen atoms in total. The number of hydrogen-bond acceptors (Lipinski definition) is 3. The highest BCUT2D eigenvalue weighted by molar-refractivity contribution is 6.33. The Kier molecular flexibility index (Phi) is 7.59. The molecule has 0 atom stereocenters. The van der Waals surface area contributed by atoms with Gasteiger partial charge in [-0.1, -0.05) is 37.6 Å². The number of benzene rings is 1. The summed E-state index contributed by atoms with van der Waals surface area (Å²) in [6.45, 7) is 4.99. The first-order valence-corrected chi connectivity index (χ1v) is 7.39. The summed E-state index contributed by atoms with van der Waals surface area (Å²) in [6.07, 6.45) is 1.91. The van der Waals surface area contributed by atoms with Crippen molar-refractivity contribution in [3.05, 3.63) is 29.3 Å². The lowest BCUT2D eigenvalue weighted by atomic mass is 10.1. The van der Waals surface area contributed by atoms with Gasteiger partial charge in [0.15, 0.2) is 0 Å². The maximum atomic E-state index is 12.1. The standard InChI is InChI=1S/C15H23ClN2O2/c1-3-12(4-2)18(9-10-19)11-15(20)17-14-8-6-5-7-13(14)16/h5-8,12,19H,3-4,9-11H2,1-2H3,(H,17,20). The van der Waals surface area contributed by atoms with E-state index in [9.17, 15) is 4.79 Å². The molecule has 0 aliphatic rings. The molecule has 1 aromatic rings. The van der Waals surface area contributed by atoms with Gasteiger partial charge in [0.05, 0.1) is 23.9 Å². The number of anilines is 1. The molecule has 1 amide bonds. The third-order valence-electron chi connectivity index (χ3n) is 3.34. The Labute approximate surface area is 125 Å². The molecule has 5 heteroatoms. The molecule has 0 heterocycles. The third kappa shape index (κ3) is 5.12. The maximum absolute atomic E-state index is 12.1. The van der Waals surface area contributed by atoms with Crippen molar-refractivity contribution in [2.24, 2.45) is 0 Å². The zero-order valence-corrected chi connectivity index (χ0v) is 12.9. The van der Waals surface area contributed by atoms with Gasteiger partial charge in [0, 0.05) is 12.6 Å². The second-order valence-corrected chi connectivity index (χ2v) is 5.10. The van der Waals surface area contributed by atoms with Crippen LogP contribution in [-0.4, -0.2) is 41.7 Å². The van der Waals surface area contributed by atoms with Crippen LogP contribution in [0.25, 0.3) is 0 Å². The lowest BCUT2D eigenvalue weighted by Crippen LogP contribution is -2.42. The molecule has 1 rings (SSSR count). The Morgan fingerprint density at radius 1 is 1.35 bits per heavy atom. The van der Waals surface area contributed by atoms with Gasteiger partial charge in [-0.25, -0.2) is 0 Å². The van der Waals surface area contributed by atoms with Crippen molar-refractivity contribution >= 4 is 23.2 Å². The van der Waals surface area contributed by atoms with Crippen LogP contribution in [0, 0.1) is 0 Å². The summed E-state index contributed by atoms with van der Waals surface area (Å²) in [7, 11) is 0. The fourth-order valence-corrected chi connectivity index (χ4v) is 2.44. The highest BCUT2D eigenvalue weighted by atomic mass is 35.5. The van der Waals surface area contributed by atoms with Crippen LogP contribution in [-0.2, 0) is 4.79 Å². The second-order valence-electron chi connectivity index (χ2n) is 4.69. The quantitative estimate of drug-likeness (QED) is 0.776. The third-order valence-corrected chi connectivity index (χ3v) is 3.67. The number of rotatable bonds is 8. The molecule has 0 saturated carbocycles. The number of carbonyl (C=O) groups is 1. The Bertz CT molecular complexity index is 422. The van der Waals surface area contributed by atoms with Crippen molar-refractivity contribution in [2.45, 2.75) is 32.7 Å². The summed E-state index contributed by atoms with van der Waals surface area (Å²) in [5.41, 5.74) is 0.618. The molecule has 0 unspecified atom stereocenters. The van der Waals surface area contributed by atoms with Crippen LogP contribution in [0.2, 0.25) is 5.02 Å². The molecule has 112 valence electrons. The number of amides is 1. The van der Waals surface area contributed by atoms with Crippen LogP contribution >= 0.6 is 11.6 Å². The molecule has 2 N–H and O–H groups in total. The lowest BCUT2D eigenvalue weighted by molar-refractivity contribution is -0.118. The Morgan fingerprint density at radius 2 is 2.00 bits per heavy atom. The van der Waals surface area contributed by atoms with Crippen molar-refractivity contribution < 1.29 is 9.90 Å². The summed E-state index contributed by atoms with van der Waals surface area (Å²) in [5, 5.41) is 12.5. The molecule has 0 saturated heterocycles. The summed E-state index contributed by atoms with van der Waals surface area (Å²) in [5.74, 6) is -0.113. The first-order chi connectivity index (χ1) is 9.62. The normalized spacial score (nSPS) is 11.1. The zero-order chi connectivity index (χ0) is 15.0. The predicted molar refractivity (Wildman–Crippen MR) is 83.1 cm³/mol. The van der Waals surface area contributed by atoms with Gasteiger partial charge in [-0.05, 0) is 25.0 Å². The number of aliphatic hydroxyl groups excluding tert-OH is 1. The van der Waals surface area contributed by atoms with Crippen molar-refractivity contribution in [2.75, 3.05) is 25.0 Å². The van der Waals surface area contributed by atoms with Crippen LogP contribution in [0.5, 0.6) is 0 Å². The van der Waals surface area contributed by atoms with Crippen LogP contribution in [0.1, 0.15) is 26.7 Å². The Balaban J connectivity index is 2.64. The number of aliphatic hydroxyl groups is 1. The first kappa shape index (κ1) is 17.0. The van der Waals surface area contributed by atoms with Crippen molar-refractivity contribution in [1.29, 1.82) is 0 Å². The lowest BCUT2D eigenvalue weighted by Gasteiger charge is -2.29. The fraction of sp³-hybridized carbons (Fsp3) is 0.533. The number of halogens is 1. The molecular weight excluding hydrogens is 276 g/mol. The van der Waals surface area contributed by atoms with E-state index >= 15 is 0 Å². The van der Waals surface area contributed by atoms with Crippen LogP contribution in [0.15, 0.2) is 24.3 Å². The van der Waals surface area contributed by atoms with Gasteiger partial charge in [0.2, 0.25) is 5.91 Å². The molecule has 1 aromatic carbocycles. The number of carbonyl (C=O) groups excluding carboxylic acids is 1. The van der Waals surface area contributed by atoms with Crippen molar-refractivity contribution in [3.63, 3.8) is 0 Å². The van der Waals surface area contributed by atoms with E-state index in [1.54, 1.807) is 12.1 Å². The number of nitrogens with one attached hydrogen (secondary N) is 1. The van der Waals surface area contributed by atoms with E-state index in [2.05, 4.69) is 19.2 Å². The zero-order valence-electron chi connectivity index (χ0n) is 12.1. The largest absolute Gasteiger partial charge is 0.395 e. The summed E-state index contributed by atoms with van der Waals surface area (Å²) >= 11 is 6.01. The number of hydrogen-bond donors (Lipinski definition) is 2. The van der Waals surface area contributed by atoms with Gasteiger partial charge in [0.25, 0.3) is 0 Å². The molecule has 0 aliphatic carbocycles. The van der Waals surface area contributed by atoms with E-state index in [0.29, 0.717) is 23.3 Å². The van der Waals surface area contributed by atoms with E-state index in [1.807, 2.05) is 17.0 Å². The number of para-hydroxylation sites is 1. The Hall–Kier alpha value is -1.10. The minimum atomic E-state index is -0.113. The molecule has 0 spiro atoms. The van der Waals surface area contributed by atoms with Gasteiger partial charge in [-0.2, -0.15) is 0 Å².